The van der Waals surface area contributed by atoms with Crippen molar-refractivity contribution in [2.75, 3.05) is 21.1 Å². The van der Waals surface area contributed by atoms with Gasteiger partial charge in [-0.3, -0.25) is 4.79 Å². The Balaban J connectivity index is 2.51. The van der Waals surface area contributed by atoms with Gasteiger partial charge in [0.1, 0.15) is 0 Å². The first kappa shape index (κ1) is 16.0. The van der Waals surface area contributed by atoms with Crippen molar-refractivity contribution in [1.29, 1.82) is 0 Å². The molecule has 0 unspecified atom stereocenters. The van der Waals surface area contributed by atoms with E-state index in [9.17, 15) is 13.2 Å². The smallest absolute Gasteiger partial charge is 0.253 e. The van der Waals surface area contributed by atoms with Crippen molar-refractivity contribution in [3.63, 3.8) is 0 Å². The first-order valence-electron chi connectivity index (χ1n) is 6.97. The molecule has 0 heterocycles. The zero-order valence-electron chi connectivity index (χ0n) is 13.2. The third-order valence-electron chi connectivity index (χ3n) is 4.04. The van der Waals surface area contributed by atoms with Gasteiger partial charge < -0.3 is 4.90 Å². The molecule has 5 nitrogen and oxygen atoms in total. The van der Waals surface area contributed by atoms with Gasteiger partial charge in [0.2, 0.25) is 10.0 Å². The molecule has 1 aromatic carbocycles. The predicted molar refractivity (Wildman–Crippen MR) is 81.9 cm³/mol. The Morgan fingerprint density at radius 2 is 1.71 bits per heavy atom. The normalized spacial score (nSPS) is 15.3. The maximum Gasteiger partial charge on any atom is 0.253 e. The topological polar surface area (TPSA) is 57.7 Å². The Hall–Kier alpha value is -1.40. The molecule has 6 heteroatoms. The molecule has 0 saturated heterocycles. The van der Waals surface area contributed by atoms with E-state index in [-0.39, 0.29) is 10.8 Å². The van der Waals surface area contributed by atoms with Gasteiger partial charge in [0.05, 0.1) is 4.90 Å². The number of hydrogen-bond donors (Lipinski definition) is 0. The summed E-state index contributed by atoms with van der Waals surface area (Å²) in [7, 11) is 1.21. The number of nitrogens with zero attached hydrogens (tertiary/aromatic N) is 2. The van der Waals surface area contributed by atoms with Gasteiger partial charge in [0.15, 0.2) is 0 Å². The average Bonchev–Trinajstić information content (AvgIpc) is 3.23. The highest BCUT2D eigenvalue weighted by Gasteiger charge is 2.31. The number of carbonyl (C=O) groups is 1. The van der Waals surface area contributed by atoms with Crippen molar-refractivity contribution in [2.45, 2.75) is 37.6 Å². The molecule has 0 bridgehead atoms. The summed E-state index contributed by atoms with van der Waals surface area (Å²) in [5, 5.41) is 0. The third-order valence-corrected chi connectivity index (χ3v) is 5.98. The van der Waals surface area contributed by atoms with Gasteiger partial charge in [-0.2, -0.15) is 0 Å². The van der Waals surface area contributed by atoms with Gasteiger partial charge in [-0.05, 0) is 49.9 Å². The van der Waals surface area contributed by atoms with Crippen LogP contribution >= 0.6 is 0 Å². The Morgan fingerprint density at radius 1 is 1.14 bits per heavy atom. The van der Waals surface area contributed by atoms with Gasteiger partial charge in [0, 0.05) is 32.7 Å². The fourth-order valence-electron chi connectivity index (χ4n) is 2.25. The molecule has 1 aromatic rings. The largest absolute Gasteiger partial charge is 0.339 e. The molecule has 1 aliphatic rings. The van der Waals surface area contributed by atoms with Crippen LogP contribution < -0.4 is 0 Å². The predicted octanol–water partition coefficient (Wildman–Crippen LogP) is 1.79. The Morgan fingerprint density at radius 3 is 2.19 bits per heavy atom. The molecule has 116 valence electrons. The van der Waals surface area contributed by atoms with Crippen molar-refractivity contribution in [1.82, 2.24) is 9.21 Å². The van der Waals surface area contributed by atoms with Crippen molar-refractivity contribution in [2.24, 2.45) is 0 Å². The van der Waals surface area contributed by atoms with E-state index in [0.29, 0.717) is 17.2 Å². The van der Waals surface area contributed by atoms with Gasteiger partial charge in [0.25, 0.3) is 5.91 Å². The van der Waals surface area contributed by atoms with E-state index in [1.165, 1.54) is 24.5 Å². The van der Waals surface area contributed by atoms with E-state index >= 15 is 0 Å². The van der Waals surface area contributed by atoms with Crippen LogP contribution in [0.15, 0.2) is 17.0 Å². The fraction of sp³-hybridized carbons (Fsp3) is 0.533. The summed E-state index contributed by atoms with van der Waals surface area (Å²) in [6.07, 6.45) is 2.05. The van der Waals surface area contributed by atoms with Crippen LogP contribution in [0.2, 0.25) is 0 Å². The lowest BCUT2D eigenvalue weighted by atomic mass is 10.1. The SMILES string of the molecule is Cc1cc(C(=O)N(C)C2CC2)cc(S(=O)(=O)N(C)C)c1C. The average molecular weight is 310 g/mol. The second-order valence-corrected chi connectivity index (χ2v) is 7.97. The highest BCUT2D eigenvalue weighted by atomic mass is 32.2. The quantitative estimate of drug-likeness (QED) is 0.852. The summed E-state index contributed by atoms with van der Waals surface area (Å²) in [6.45, 7) is 3.60. The van der Waals surface area contributed by atoms with E-state index in [1.807, 2.05) is 6.92 Å². The molecule has 2 rings (SSSR count). The lowest BCUT2D eigenvalue weighted by molar-refractivity contribution is 0.0784. The second-order valence-electron chi connectivity index (χ2n) is 5.85. The first-order chi connectivity index (χ1) is 9.66. The Kier molecular flexibility index (Phi) is 4.13. The van der Waals surface area contributed by atoms with Gasteiger partial charge in [-0.25, -0.2) is 12.7 Å². The standard InChI is InChI=1S/C15H22N2O3S/c1-10-8-12(15(18)17(5)13-6-7-13)9-14(11(10)2)21(19,20)16(3)4/h8-9,13H,6-7H2,1-5H3. The number of hydrogen-bond acceptors (Lipinski definition) is 3. The number of amides is 1. The van der Waals surface area contributed by atoms with Crippen LogP contribution in [0, 0.1) is 13.8 Å². The van der Waals surface area contributed by atoms with Crippen LogP contribution in [-0.2, 0) is 10.0 Å². The summed E-state index contributed by atoms with van der Waals surface area (Å²) >= 11 is 0. The molecule has 0 atom stereocenters. The number of carbonyl (C=O) groups excluding carboxylic acids is 1. The van der Waals surface area contributed by atoms with Crippen molar-refractivity contribution >= 4 is 15.9 Å². The molecule has 0 N–H and O–H groups in total. The van der Waals surface area contributed by atoms with Crippen molar-refractivity contribution in [3.05, 3.63) is 28.8 Å². The van der Waals surface area contributed by atoms with E-state index in [0.717, 1.165) is 18.4 Å². The lowest BCUT2D eigenvalue weighted by Gasteiger charge is -2.20. The summed E-state index contributed by atoms with van der Waals surface area (Å²) in [6, 6.07) is 3.57. The lowest BCUT2D eigenvalue weighted by Crippen LogP contribution is -2.29. The van der Waals surface area contributed by atoms with Crippen molar-refractivity contribution < 1.29 is 13.2 Å². The second kappa shape index (κ2) is 5.42. The van der Waals surface area contributed by atoms with Gasteiger partial charge in [-0.1, -0.05) is 0 Å². The number of benzene rings is 1. The van der Waals surface area contributed by atoms with Crippen LogP contribution in [0.3, 0.4) is 0 Å². The van der Waals surface area contributed by atoms with Gasteiger partial charge in [-0.15, -0.1) is 0 Å². The molecule has 1 aliphatic carbocycles. The number of sulfonamides is 1. The monoisotopic (exact) mass is 310 g/mol. The number of rotatable bonds is 4. The molecule has 0 aromatic heterocycles. The van der Waals surface area contributed by atoms with E-state index in [2.05, 4.69) is 0 Å². The zero-order valence-corrected chi connectivity index (χ0v) is 14.0. The van der Waals surface area contributed by atoms with E-state index in [4.69, 9.17) is 0 Å². The highest BCUT2D eigenvalue weighted by molar-refractivity contribution is 7.89. The van der Waals surface area contributed by atoms with Crippen molar-refractivity contribution in [3.8, 4) is 0 Å². The molecule has 1 fully saturated rings. The Labute approximate surface area is 126 Å². The van der Waals surface area contributed by atoms with Crippen LogP contribution in [0.4, 0.5) is 0 Å². The fourth-order valence-corrected chi connectivity index (χ4v) is 3.46. The summed E-state index contributed by atoms with van der Waals surface area (Å²) in [5.74, 6) is -0.115. The first-order valence-corrected chi connectivity index (χ1v) is 8.41. The van der Waals surface area contributed by atoms with Crippen LogP contribution in [0.25, 0.3) is 0 Å². The molecular formula is C15H22N2O3S. The Bertz CT molecular complexity index is 676. The minimum Gasteiger partial charge on any atom is -0.339 e. The third kappa shape index (κ3) is 2.96. The minimum absolute atomic E-state index is 0.115. The van der Waals surface area contributed by atoms with E-state index in [1.54, 1.807) is 24.9 Å². The molecule has 1 amide bonds. The molecule has 1 saturated carbocycles. The molecule has 21 heavy (non-hydrogen) atoms. The van der Waals surface area contributed by atoms with Crippen LogP contribution in [0.5, 0.6) is 0 Å². The summed E-state index contributed by atoms with van der Waals surface area (Å²) < 4.78 is 26.0. The zero-order chi connectivity index (χ0) is 15.9. The number of aryl methyl sites for hydroxylation is 1. The summed E-state index contributed by atoms with van der Waals surface area (Å²) in [4.78, 5) is 14.4. The molecule has 0 radical (unpaired) electrons. The molecule has 0 aliphatic heterocycles. The van der Waals surface area contributed by atoms with E-state index < -0.39 is 10.0 Å². The highest BCUT2D eigenvalue weighted by Crippen LogP contribution is 2.28. The maximum absolute atomic E-state index is 12.5. The minimum atomic E-state index is -3.55. The molecular weight excluding hydrogens is 288 g/mol. The maximum atomic E-state index is 12.5. The van der Waals surface area contributed by atoms with Crippen LogP contribution in [0.1, 0.15) is 34.3 Å². The molecule has 0 spiro atoms. The summed E-state index contributed by atoms with van der Waals surface area (Å²) in [5.41, 5.74) is 1.94. The van der Waals surface area contributed by atoms with Gasteiger partial charge >= 0.3 is 0 Å². The van der Waals surface area contributed by atoms with Crippen LogP contribution in [-0.4, -0.2) is 50.7 Å².